The summed E-state index contributed by atoms with van der Waals surface area (Å²) in [5.74, 6) is 0.165. The molecule has 2 aliphatic rings. The summed E-state index contributed by atoms with van der Waals surface area (Å²) in [4.78, 5) is 27.4. The van der Waals surface area contributed by atoms with Crippen molar-refractivity contribution in [3.8, 4) is 0 Å². The maximum absolute atomic E-state index is 12.1. The van der Waals surface area contributed by atoms with E-state index in [-0.39, 0.29) is 11.9 Å². The third-order valence-corrected chi connectivity index (χ3v) is 5.63. The summed E-state index contributed by atoms with van der Waals surface area (Å²) in [6, 6.07) is -0.194. The Morgan fingerprint density at radius 1 is 1.09 bits per heavy atom. The summed E-state index contributed by atoms with van der Waals surface area (Å²) in [5.41, 5.74) is 0. The normalized spacial score (nSPS) is 21.2. The maximum Gasteiger partial charge on any atom is 0.317 e. The van der Waals surface area contributed by atoms with E-state index in [0.717, 1.165) is 25.8 Å². The molecule has 0 spiro atoms. The first kappa shape index (κ1) is 18.0. The van der Waals surface area contributed by atoms with Crippen LogP contribution in [-0.2, 0) is 14.8 Å². The summed E-state index contributed by atoms with van der Waals surface area (Å²) >= 11 is 0. The van der Waals surface area contributed by atoms with Gasteiger partial charge in [-0.2, -0.15) is 4.31 Å². The fourth-order valence-corrected chi connectivity index (χ4v) is 3.73. The molecular weight excluding hydrogens is 320 g/mol. The molecule has 0 atom stereocenters. The number of piperazine rings is 1. The minimum Gasteiger partial charge on any atom is -0.341 e. The van der Waals surface area contributed by atoms with Crippen molar-refractivity contribution in [3.05, 3.63) is 0 Å². The van der Waals surface area contributed by atoms with E-state index < -0.39 is 10.0 Å². The lowest BCUT2D eigenvalue weighted by atomic mass is 10.2. The van der Waals surface area contributed by atoms with E-state index in [0.29, 0.717) is 45.7 Å². The van der Waals surface area contributed by atoms with Gasteiger partial charge in [0, 0.05) is 52.2 Å². The SMILES string of the molecule is CS(=O)(=O)N1CCN(C(=O)NCCN2CCCCCC2=O)CC1. The minimum atomic E-state index is -3.19. The second-order valence-corrected chi connectivity index (χ2v) is 8.05. The molecule has 0 aromatic carbocycles. The number of nitrogens with one attached hydrogen (secondary N) is 1. The van der Waals surface area contributed by atoms with E-state index in [1.165, 1.54) is 10.6 Å². The number of rotatable bonds is 4. The number of amides is 3. The number of carbonyl (C=O) groups is 2. The van der Waals surface area contributed by atoms with Gasteiger partial charge in [-0.05, 0) is 12.8 Å². The fourth-order valence-electron chi connectivity index (χ4n) is 2.91. The average molecular weight is 346 g/mol. The lowest BCUT2D eigenvalue weighted by Gasteiger charge is -2.33. The molecule has 0 aromatic rings. The minimum absolute atomic E-state index is 0.165. The number of sulfonamides is 1. The zero-order valence-corrected chi connectivity index (χ0v) is 14.5. The van der Waals surface area contributed by atoms with Gasteiger partial charge in [0.15, 0.2) is 0 Å². The molecule has 2 heterocycles. The number of likely N-dealkylation sites (tertiary alicyclic amines) is 1. The van der Waals surface area contributed by atoms with Crippen molar-refractivity contribution in [3.63, 3.8) is 0 Å². The van der Waals surface area contributed by atoms with Gasteiger partial charge in [-0.1, -0.05) is 6.42 Å². The van der Waals surface area contributed by atoms with Crippen LogP contribution in [0.15, 0.2) is 0 Å². The van der Waals surface area contributed by atoms with Crippen molar-refractivity contribution in [1.29, 1.82) is 0 Å². The Morgan fingerprint density at radius 3 is 2.43 bits per heavy atom. The smallest absolute Gasteiger partial charge is 0.317 e. The predicted molar refractivity (Wildman–Crippen MR) is 86.4 cm³/mol. The molecule has 2 aliphatic heterocycles. The Hall–Kier alpha value is -1.35. The monoisotopic (exact) mass is 346 g/mol. The lowest BCUT2D eigenvalue weighted by molar-refractivity contribution is -0.130. The first-order valence-corrected chi connectivity index (χ1v) is 9.98. The van der Waals surface area contributed by atoms with Gasteiger partial charge < -0.3 is 15.1 Å². The lowest BCUT2D eigenvalue weighted by Crippen LogP contribution is -2.53. The molecule has 0 saturated carbocycles. The van der Waals surface area contributed by atoms with Gasteiger partial charge in [0.05, 0.1) is 6.26 Å². The van der Waals surface area contributed by atoms with Crippen LogP contribution in [0, 0.1) is 0 Å². The number of urea groups is 1. The average Bonchev–Trinajstić information content (AvgIpc) is 2.71. The molecule has 2 rings (SSSR count). The fraction of sp³-hybridized carbons (Fsp3) is 0.857. The van der Waals surface area contributed by atoms with Gasteiger partial charge >= 0.3 is 6.03 Å². The number of carbonyl (C=O) groups excluding carboxylic acids is 2. The third kappa shape index (κ3) is 5.35. The van der Waals surface area contributed by atoms with Crippen molar-refractivity contribution in [2.24, 2.45) is 0 Å². The summed E-state index contributed by atoms with van der Waals surface area (Å²) in [5, 5.41) is 2.82. The zero-order chi connectivity index (χ0) is 16.9. The van der Waals surface area contributed by atoms with Crippen molar-refractivity contribution < 1.29 is 18.0 Å². The molecular formula is C14H26N4O4S. The second-order valence-electron chi connectivity index (χ2n) is 6.07. The summed E-state index contributed by atoms with van der Waals surface area (Å²) in [7, 11) is -3.19. The largest absolute Gasteiger partial charge is 0.341 e. The number of hydrogen-bond acceptors (Lipinski definition) is 4. The van der Waals surface area contributed by atoms with Crippen molar-refractivity contribution >= 4 is 22.0 Å². The van der Waals surface area contributed by atoms with Crippen LogP contribution in [0.25, 0.3) is 0 Å². The molecule has 2 fully saturated rings. The highest BCUT2D eigenvalue weighted by molar-refractivity contribution is 7.88. The Labute approximate surface area is 137 Å². The predicted octanol–water partition coefficient (Wildman–Crippen LogP) is -0.324. The first-order valence-electron chi connectivity index (χ1n) is 8.13. The van der Waals surface area contributed by atoms with E-state index in [2.05, 4.69) is 5.32 Å². The Morgan fingerprint density at radius 2 is 1.78 bits per heavy atom. The van der Waals surface area contributed by atoms with Gasteiger partial charge in [-0.25, -0.2) is 13.2 Å². The van der Waals surface area contributed by atoms with Crippen LogP contribution < -0.4 is 5.32 Å². The molecule has 0 aromatic heterocycles. The third-order valence-electron chi connectivity index (χ3n) is 4.32. The molecule has 23 heavy (non-hydrogen) atoms. The van der Waals surface area contributed by atoms with Crippen LogP contribution in [-0.4, -0.2) is 86.5 Å². The quantitative estimate of drug-likeness (QED) is 0.755. The van der Waals surface area contributed by atoms with Crippen LogP contribution in [0.5, 0.6) is 0 Å². The molecule has 0 bridgehead atoms. The van der Waals surface area contributed by atoms with Crippen LogP contribution in [0.4, 0.5) is 4.79 Å². The molecule has 1 N–H and O–H groups in total. The standard InChI is InChI=1S/C14H26N4O4S/c1-23(21,22)18-11-9-17(10-12-18)14(20)15-6-8-16-7-4-2-3-5-13(16)19/h2-12H2,1H3,(H,15,20). The summed E-state index contributed by atoms with van der Waals surface area (Å²) in [6.07, 6.45) is 4.83. The van der Waals surface area contributed by atoms with E-state index >= 15 is 0 Å². The molecule has 0 aliphatic carbocycles. The summed E-state index contributed by atoms with van der Waals surface area (Å²) < 4.78 is 24.3. The van der Waals surface area contributed by atoms with Gasteiger partial charge in [0.25, 0.3) is 0 Å². The zero-order valence-electron chi connectivity index (χ0n) is 13.7. The second kappa shape index (κ2) is 7.96. The van der Waals surface area contributed by atoms with E-state index in [1.807, 2.05) is 4.90 Å². The molecule has 9 heteroatoms. The highest BCUT2D eigenvalue weighted by Crippen LogP contribution is 2.10. The van der Waals surface area contributed by atoms with Gasteiger partial charge in [0.1, 0.15) is 0 Å². The van der Waals surface area contributed by atoms with Crippen molar-refractivity contribution in [1.82, 2.24) is 19.4 Å². The van der Waals surface area contributed by atoms with Crippen LogP contribution >= 0.6 is 0 Å². The molecule has 132 valence electrons. The summed E-state index contributed by atoms with van der Waals surface area (Å²) in [6.45, 7) is 3.17. The highest BCUT2D eigenvalue weighted by atomic mass is 32.2. The van der Waals surface area contributed by atoms with E-state index in [9.17, 15) is 18.0 Å². The highest BCUT2D eigenvalue weighted by Gasteiger charge is 2.26. The van der Waals surface area contributed by atoms with E-state index in [4.69, 9.17) is 0 Å². The Balaban J connectivity index is 1.70. The molecule has 0 unspecified atom stereocenters. The van der Waals surface area contributed by atoms with Crippen LogP contribution in [0.2, 0.25) is 0 Å². The molecule has 0 radical (unpaired) electrons. The first-order chi connectivity index (χ1) is 10.9. The number of hydrogen-bond donors (Lipinski definition) is 1. The topological polar surface area (TPSA) is 90.0 Å². The van der Waals surface area contributed by atoms with Crippen molar-refractivity contribution in [2.75, 3.05) is 52.1 Å². The van der Waals surface area contributed by atoms with Crippen molar-refractivity contribution in [2.45, 2.75) is 25.7 Å². The van der Waals surface area contributed by atoms with Gasteiger partial charge in [-0.3, -0.25) is 4.79 Å². The van der Waals surface area contributed by atoms with Gasteiger partial charge in [0.2, 0.25) is 15.9 Å². The van der Waals surface area contributed by atoms with Gasteiger partial charge in [-0.15, -0.1) is 0 Å². The molecule has 8 nitrogen and oxygen atoms in total. The molecule has 3 amide bonds. The van der Waals surface area contributed by atoms with Crippen LogP contribution in [0.3, 0.4) is 0 Å². The van der Waals surface area contributed by atoms with E-state index in [1.54, 1.807) is 4.90 Å². The Kier molecular flexibility index (Phi) is 6.23. The number of nitrogens with zero attached hydrogens (tertiary/aromatic N) is 3. The Bertz CT molecular complexity index is 529. The maximum atomic E-state index is 12.1. The van der Waals surface area contributed by atoms with Crippen LogP contribution in [0.1, 0.15) is 25.7 Å². The molecule has 2 saturated heterocycles.